The quantitative estimate of drug-likeness (QED) is 0.308. The highest BCUT2D eigenvalue weighted by molar-refractivity contribution is 7.90. The Balaban J connectivity index is 1.71. The van der Waals surface area contributed by atoms with Crippen LogP contribution in [0.15, 0.2) is 102 Å². The van der Waals surface area contributed by atoms with Crippen molar-refractivity contribution in [2.75, 3.05) is 14.2 Å². The van der Waals surface area contributed by atoms with Crippen molar-refractivity contribution in [3.63, 3.8) is 0 Å². The third-order valence-corrected chi connectivity index (χ3v) is 7.41. The Morgan fingerprint density at radius 2 is 1.47 bits per heavy atom. The van der Waals surface area contributed by atoms with Crippen molar-refractivity contribution >= 4 is 21.1 Å². The molecule has 3 aromatic carbocycles. The molecule has 0 saturated heterocycles. The monoisotopic (exact) mass is 494 g/mol. The van der Waals surface area contributed by atoms with Gasteiger partial charge in [0.15, 0.2) is 17.1 Å². The third-order valence-electron chi connectivity index (χ3n) is 5.74. The van der Waals surface area contributed by atoms with Gasteiger partial charge in [-0.15, -0.1) is 0 Å². The van der Waals surface area contributed by atoms with Crippen molar-refractivity contribution in [1.29, 1.82) is 0 Å². The summed E-state index contributed by atoms with van der Waals surface area (Å²) in [5, 5.41) is 0.630. The van der Waals surface area contributed by atoms with Gasteiger partial charge in [0.05, 0.1) is 24.7 Å². The molecule has 0 aliphatic rings. The van der Waals surface area contributed by atoms with Crippen molar-refractivity contribution < 1.29 is 17.9 Å². The predicted molar refractivity (Wildman–Crippen MR) is 140 cm³/mol. The fourth-order valence-corrected chi connectivity index (χ4v) is 5.25. The maximum Gasteiger partial charge on any atom is 0.269 e. The van der Waals surface area contributed by atoms with Crippen LogP contribution in [0, 0.1) is 11.8 Å². The van der Waals surface area contributed by atoms with Crippen molar-refractivity contribution in [2.45, 2.75) is 4.90 Å². The number of pyridine rings is 1. The lowest BCUT2D eigenvalue weighted by Crippen LogP contribution is -2.12. The van der Waals surface area contributed by atoms with E-state index in [1.54, 1.807) is 50.7 Å². The molecule has 0 atom stereocenters. The van der Waals surface area contributed by atoms with Crippen molar-refractivity contribution in [2.24, 2.45) is 0 Å². The summed E-state index contributed by atoms with van der Waals surface area (Å²) in [6, 6.07) is 25.3. The molecule has 0 aliphatic carbocycles. The highest BCUT2D eigenvalue weighted by Crippen LogP contribution is 2.34. The van der Waals surface area contributed by atoms with E-state index in [2.05, 4.69) is 16.8 Å². The van der Waals surface area contributed by atoms with Crippen LogP contribution in [0.2, 0.25) is 0 Å². The van der Waals surface area contributed by atoms with E-state index < -0.39 is 10.0 Å². The van der Waals surface area contributed by atoms with E-state index in [1.807, 2.05) is 54.6 Å². The van der Waals surface area contributed by atoms with Gasteiger partial charge in [0.2, 0.25) is 0 Å². The molecule has 0 amide bonds. The molecule has 6 nitrogen and oxygen atoms in total. The number of hydrogen-bond acceptors (Lipinski definition) is 5. The summed E-state index contributed by atoms with van der Waals surface area (Å²) in [5.74, 6) is 7.48. The van der Waals surface area contributed by atoms with Gasteiger partial charge in [-0.3, -0.25) is 0 Å². The molecule has 2 heterocycles. The fourth-order valence-electron chi connectivity index (χ4n) is 3.90. The molecule has 0 radical (unpaired) electrons. The van der Waals surface area contributed by atoms with Crippen LogP contribution >= 0.6 is 0 Å². The standard InChI is InChI=1S/C29H22N2O4S/c1-34-27-16-15-22(18-28(27)35-2)24-17-26-23(14-13-21-9-5-3-6-10-21)20-31(29(26)30-19-24)36(32,33)25-11-7-4-8-12-25/h3-12,15-20H,1-2H3. The average Bonchev–Trinajstić information content (AvgIpc) is 3.31. The number of methoxy groups -OCH3 is 2. The average molecular weight is 495 g/mol. The van der Waals surface area contributed by atoms with Crippen LogP contribution in [0.25, 0.3) is 22.2 Å². The zero-order valence-corrected chi connectivity index (χ0v) is 20.5. The van der Waals surface area contributed by atoms with E-state index in [1.165, 1.54) is 10.2 Å². The third kappa shape index (κ3) is 4.30. The molecule has 5 rings (SSSR count). The molecule has 0 N–H and O–H groups in total. The van der Waals surface area contributed by atoms with Crippen LogP contribution in [-0.4, -0.2) is 31.6 Å². The van der Waals surface area contributed by atoms with Gasteiger partial charge in [-0.2, -0.15) is 0 Å². The lowest BCUT2D eigenvalue weighted by molar-refractivity contribution is 0.355. The predicted octanol–water partition coefficient (Wildman–Crippen LogP) is 5.36. The van der Waals surface area contributed by atoms with E-state index in [9.17, 15) is 8.42 Å². The second-order valence-electron chi connectivity index (χ2n) is 7.94. The fraction of sp³-hybridized carbons (Fsp3) is 0.0690. The number of rotatable bonds is 5. The number of nitrogens with zero attached hydrogens (tertiary/aromatic N) is 2. The van der Waals surface area contributed by atoms with E-state index in [0.717, 1.165) is 16.7 Å². The molecular formula is C29H22N2O4S. The molecule has 0 saturated carbocycles. The number of aromatic nitrogens is 2. The minimum Gasteiger partial charge on any atom is -0.493 e. The number of ether oxygens (including phenoxy) is 2. The van der Waals surface area contributed by atoms with E-state index in [-0.39, 0.29) is 4.90 Å². The van der Waals surface area contributed by atoms with Crippen molar-refractivity contribution in [1.82, 2.24) is 8.96 Å². The molecule has 0 aliphatic heterocycles. The first-order valence-corrected chi connectivity index (χ1v) is 12.6. The molecule has 178 valence electrons. The van der Waals surface area contributed by atoms with E-state index in [4.69, 9.17) is 9.47 Å². The Kier molecular flexibility index (Phi) is 6.19. The maximum atomic E-state index is 13.5. The summed E-state index contributed by atoms with van der Waals surface area (Å²) in [5.41, 5.74) is 3.33. The Morgan fingerprint density at radius 1 is 0.778 bits per heavy atom. The normalized spacial score (nSPS) is 11.1. The second kappa shape index (κ2) is 9.61. The summed E-state index contributed by atoms with van der Waals surface area (Å²) in [7, 11) is -0.715. The molecule has 0 fully saturated rings. The first-order valence-electron chi connectivity index (χ1n) is 11.1. The van der Waals surface area contributed by atoms with Crippen LogP contribution in [0.3, 0.4) is 0 Å². The topological polar surface area (TPSA) is 70.4 Å². The minimum atomic E-state index is -3.87. The van der Waals surface area contributed by atoms with Crippen LogP contribution < -0.4 is 9.47 Å². The molecule has 5 aromatic rings. The largest absolute Gasteiger partial charge is 0.493 e. The number of hydrogen-bond donors (Lipinski definition) is 0. The van der Waals surface area contributed by atoms with Crippen LogP contribution in [0.1, 0.15) is 11.1 Å². The molecular weight excluding hydrogens is 472 g/mol. The van der Waals surface area contributed by atoms with Gasteiger partial charge in [-0.05, 0) is 48.0 Å². The summed E-state index contributed by atoms with van der Waals surface area (Å²) < 4.78 is 39.0. The van der Waals surface area contributed by atoms with Gasteiger partial charge in [0.25, 0.3) is 10.0 Å². The van der Waals surface area contributed by atoms with Gasteiger partial charge in [-0.1, -0.05) is 54.3 Å². The van der Waals surface area contributed by atoms with Crippen molar-refractivity contribution in [3.8, 4) is 34.5 Å². The first kappa shape index (κ1) is 23.2. The van der Waals surface area contributed by atoms with Crippen LogP contribution in [0.5, 0.6) is 11.5 Å². The molecule has 0 bridgehead atoms. The summed E-state index contributed by atoms with van der Waals surface area (Å²) in [6.45, 7) is 0. The van der Waals surface area contributed by atoms with E-state index >= 15 is 0 Å². The second-order valence-corrected chi connectivity index (χ2v) is 9.75. The summed E-state index contributed by atoms with van der Waals surface area (Å²) in [6.07, 6.45) is 3.18. The van der Waals surface area contributed by atoms with Gasteiger partial charge >= 0.3 is 0 Å². The lowest BCUT2D eigenvalue weighted by atomic mass is 10.0. The SMILES string of the molecule is COc1ccc(-c2cnc3c(c2)c(C#Cc2ccccc2)cn3S(=O)(=O)c2ccccc2)cc1OC. The number of benzene rings is 3. The molecule has 36 heavy (non-hydrogen) atoms. The zero-order chi connectivity index (χ0) is 25.1. The molecule has 2 aromatic heterocycles. The Hall–Kier alpha value is -4.54. The Morgan fingerprint density at radius 3 is 2.17 bits per heavy atom. The van der Waals surface area contributed by atoms with E-state index in [0.29, 0.717) is 28.1 Å². The summed E-state index contributed by atoms with van der Waals surface area (Å²) in [4.78, 5) is 4.74. The maximum absolute atomic E-state index is 13.5. The van der Waals surface area contributed by atoms with Crippen molar-refractivity contribution in [3.05, 3.63) is 108 Å². The van der Waals surface area contributed by atoms with Gasteiger partial charge in [0.1, 0.15) is 0 Å². The molecule has 7 heteroatoms. The molecule has 0 unspecified atom stereocenters. The Labute approximate surface area is 209 Å². The highest BCUT2D eigenvalue weighted by atomic mass is 32.2. The first-order chi connectivity index (χ1) is 17.5. The van der Waals surface area contributed by atoms with Crippen LogP contribution in [0.4, 0.5) is 0 Å². The summed E-state index contributed by atoms with van der Waals surface area (Å²) >= 11 is 0. The Bertz CT molecular complexity index is 1720. The number of fused-ring (bicyclic) bond motifs is 1. The smallest absolute Gasteiger partial charge is 0.269 e. The highest BCUT2D eigenvalue weighted by Gasteiger charge is 2.22. The van der Waals surface area contributed by atoms with Gasteiger partial charge in [0, 0.05) is 28.9 Å². The lowest BCUT2D eigenvalue weighted by Gasteiger charge is -2.10. The van der Waals surface area contributed by atoms with Gasteiger partial charge in [-0.25, -0.2) is 17.4 Å². The van der Waals surface area contributed by atoms with Crippen LogP contribution in [-0.2, 0) is 10.0 Å². The minimum absolute atomic E-state index is 0.176. The van der Waals surface area contributed by atoms with Gasteiger partial charge < -0.3 is 9.47 Å². The molecule has 0 spiro atoms. The zero-order valence-electron chi connectivity index (χ0n) is 19.7.